The molecule has 1 aliphatic heterocycles. The summed E-state index contributed by atoms with van der Waals surface area (Å²) in [5.74, 6) is 0.472. The predicted octanol–water partition coefficient (Wildman–Crippen LogP) is 1.09. The second-order valence-corrected chi connectivity index (χ2v) is 3.58. The Morgan fingerprint density at radius 3 is 2.92 bits per heavy atom. The molecule has 0 radical (unpaired) electrons. The van der Waals surface area contributed by atoms with Crippen molar-refractivity contribution >= 4 is 15.9 Å². The van der Waals surface area contributed by atoms with Crippen molar-refractivity contribution in [3.8, 4) is 0 Å². The fourth-order valence-electron chi connectivity index (χ4n) is 1.35. The Morgan fingerprint density at radius 2 is 2.46 bits per heavy atom. The lowest BCUT2D eigenvalue weighted by atomic mass is 10.0. The van der Waals surface area contributed by atoms with Crippen LogP contribution in [0.15, 0.2) is 9.26 Å². The Balaban J connectivity index is 2.30. The van der Waals surface area contributed by atoms with E-state index in [0.29, 0.717) is 23.8 Å². The quantitative estimate of drug-likeness (QED) is 0.785. The summed E-state index contributed by atoms with van der Waals surface area (Å²) >= 11 is 3.12. The van der Waals surface area contributed by atoms with E-state index >= 15 is 0 Å². The zero-order valence-corrected chi connectivity index (χ0v) is 8.70. The van der Waals surface area contributed by atoms with Gasteiger partial charge in [-0.25, -0.2) is 0 Å². The molecule has 2 rings (SSSR count). The van der Waals surface area contributed by atoms with Crippen LogP contribution in [0.3, 0.4) is 0 Å². The van der Waals surface area contributed by atoms with Crippen molar-refractivity contribution < 1.29 is 14.0 Å². The Morgan fingerprint density at radius 1 is 1.62 bits per heavy atom. The summed E-state index contributed by atoms with van der Waals surface area (Å²) < 4.78 is 16.1. The van der Waals surface area contributed by atoms with Crippen LogP contribution in [-0.4, -0.2) is 30.5 Å². The van der Waals surface area contributed by atoms with Gasteiger partial charge in [0.25, 0.3) is 5.89 Å². The molecule has 0 amide bonds. The molecule has 72 valence electrons. The summed E-state index contributed by atoms with van der Waals surface area (Å²) in [7, 11) is 1.62. The summed E-state index contributed by atoms with van der Waals surface area (Å²) in [6, 6.07) is 0. The van der Waals surface area contributed by atoms with Crippen LogP contribution in [0.4, 0.5) is 0 Å². The number of ether oxygens (including phenoxy) is 2. The smallest absolute Gasteiger partial charge is 0.262 e. The molecule has 6 heteroatoms. The minimum Gasteiger partial charge on any atom is -0.378 e. The highest BCUT2D eigenvalue weighted by Gasteiger charge is 2.42. The zero-order chi connectivity index (χ0) is 9.31. The van der Waals surface area contributed by atoms with Crippen molar-refractivity contribution in [2.45, 2.75) is 12.0 Å². The van der Waals surface area contributed by atoms with Gasteiger partial charge in [-0.15, -0.1) is 0 Å². The van der Waals surface area contributed by atoms with Crippen molar-refractivity contribution in [2.75, 3.05) is 20.3 Å². The molecule has 1 aliphatic rings. The van der Waals surface area contributed by atoms with E-state index in [1.54, 1.807) is 7.11 Å². The highest BCUT2D eigenvalue weighted by Crippen LogP contribution is 2.32. The SMILES string of the molecule is COC1(c2nc(Br)no2)CCOC1. The van der Waals surface area contributed by atoms with Crippen molar-refractivity contribution in [1.82, 2.24) is 10.1 Å². The maximum atomic E-state index is 5.36. The molecule has 0 saturated carbocycles. The topological polar surface area (TPSA) is 57.4 Å². The number of halogens is 1. The van der Waals surface area contributed by atoms with E-state index in [2.05, 4.69) is 26.1 Å². The molecule has 0 aliphatic carbocycles. The number of rotatable bonds is 2. The number of methoxy groups -OCH3 is 1. The lowest BCUT2D eigenvalue weighted by Gasteiger charge is -2.20. The van der Waals surface area contributed by atoms with Gasteiger partial charge >= 0.3 is 0 Å². The van der Waals surface area contributed by atoms with Gasteiger partial charge in [0.1, 0.15) is 0 Å². The van der Waals surface area contributed by atoms with Crippen molar-refractivity contribution in [3.05, 3.63) is 10.6 Å². The molecule has 1 aromatic rings. The summed E-state index contributed by atoms with van der Waals surface area (Å²) in [6.07, 6.45) is 0.748. The first-order valence-electron chi connectivity index (χ1n) is 3.89. The van der Waals surface area contributed by atoms with Gasteiger partial charge in [0.2, 0.25) is 4.73 Å². The van der Waals surface area contributed by atoms with Gasteiger partial charge in [-0.3, -0.25) is 0 Å². The lowest BCUT2D eigenvalue weighted by Crippen LogP contribution is -2.29. The van der Waals surface area contributed by atoms with E-state index in [0.717, 1.165) is 6.42 Å². The number of hydrogen-bond donors (Lipinski definition) is 0. The second kappa shape index (κ2) is 3.36. The van der Waals surface area contributed by atoms with Crippen LogP contribution in [0, 0.1) is 0 Å². The van der Waals surface area contributed by atoms with Gasteiger partial charge in [-0.05, 0) is 21.1 Å². The van der Waals surface area contributed by atoms with E-state index in [1.165, 1.54) is 0 Å². The normalized spacial score (nSPS) is 28.2. The molecular formula is C7H9BrN2O3. The van der Waals surface area contributed by atoms with Crippen LogP contribution >= 0.6 is 15.9 Å². The first kappa shape index (κ1) is 9.11. The first-order chi connectivity index (χ1) is 6.27. The molecule has 0 bridgehead atoms. The molecule has 13 heavy (non-hydrogen) atoms. The molecule has 1 aromatic heterocycles. The summed E-state index contributed by atoms with van der Waals surface area (Å²) in [5.41, 5.74) is -0.543. The maximum Gasteiger partial charge on any atom is 0.262 e. The summed E-state index contributed by atoms with van der Waals surface area (Å²) in [6.45, 7) is 1.13. The number of nitrogens with zero attached hydrogens (tertiary/aromatic N) is 2. The average molecular weight is 249 g/mol. The molecule has 1 atom stereocenters. The fourth-order valence-corrected chi connectivity index (χ4v) is 1.59. The average Bonchev–Trinajstić information content (AvgIpc) is 2.73. The zero-order valence-electron chi connectivity index (χ0n) is 7.12. The third-order valence-corrected chi connectivity index (χ3v) is 2.49. The van der Waals surface area contributed by atoms with Crippen molar-refractivity contribution in [2.24, 2.45) is 0 Å². The third-order valence-electron chi connectivity index (χ3n) is 2.17. The highest BCUT2D eigenvalue weighted by molar-refractivity contribution is 9.10. The summed E-state index contributed by atoms with van der Waals surface area (Å²) in [4.78, 5) is 4.07. The fraction of sp³-hybridized carbons (Fsp3) is 0.714. The largest absolute Gasteiger partial charge is 0.378 e. The van der Waals surface area contributed by atoms with Gasteiger partial charge in [-0.1, -0.05) is 0 Å². The van der Waals surface area contributed by atoms with Crippen LogP contribution in [0.5, 0.6) is 0 Å². The van der Waals surface area contributed by atoms with Gasteiger partial charge in [0, 0.05) is 13.5 Å². The Bertz CT molecular complexity index is 296. The van der Waals surface area contributed by atoms with Gasteiger partial charge in [-0.2, -0.15) is 4.98 Å². The van der Waals surface area contributed by atoms with E-state index in [-0.39, 0.29) is 0 Å². The first-order valence-corrected chi connectivity index (χ1v) is 4.69. The molecule has 1 unspecified atom stereocenters. The van der Waals surface area contributed by atoms with Crippen molar-refractivity contribution in [3.63, 3.8) is 0 Å². The molecule has 2 heterocycles. The minimum absolute atomic E-state index is 0.436. The maximum absolute atomic E-state index is 5.36. The minimum atomic E-state index is -0.543. The van der Waals surface area contributed by atoms with Crippen LogP contribution in [0.2, 0.25) is 0 Å². The van der Waals surface area contributed by atoms with E-state index in [9.17, 15) is 0 Å². The standard InChI is InChI=1S/C7H9BrN2O3/c1-11-7(2-3-12-4-7)5-9-6(8)10-13-5/h2-4H2,1H3. The number of aromatic nitrogens is 2. The molecule has 0 N–H and O–H groups in total. The molecule has 1 saturated heterocycles. The van der Waals surface area contributed by atoms with Gasteiger partial charge in [0.05, 0.1) is 13.2 Å². The molecule has 0 aromatic carbocycles. The number of hydrogen-bond acceptors (Lipinski definition) is 5. The van der Waals surface area contributed by atoms with E-state index in [1.807, 2.05) is 0 Å². The van der Waals surface area contributed by atoms with Crippen LogP contribution in [0.25, 0.3) is 0 Å². The Hall–Kier alpha value is -0.460. The third kappa shape index (κ3) is 1.49. The van der Waals surface area contributed by atoms with E-state index < -0.39 is 5.60 Å². The molecular weight excluding hydrogens is 240 g/mol. The van der Waals surface area contributed by atoms with Crippen LogP contribution < -0.4 is 0 Å². The molecule has 1 fully saturated rings. The van der Waals surface area contributed by atoms with Gasteiger partial charge < -0.3 is 14.0 Å². The van der Waals surface area contributed by atoms with Gasteiger partial charge in [0.15, 0.2) is 5.60 Å². The lowest BCUT2D eigenvalue weighted by molar-refractivity contribution is -0.0442. The predicted molar refractivity (Wildman–Crippen MR) is 46.1 cm³/mol. The van der Waals surface area contributed by atoms with Crippen LogP contribution in [0.1, 0.15) is 12.3 Å². The second-order valence-electron chi connectivity index (χ2n) is 2.87. The Kier molecular flexibility index (Phi) is 2.35. The van der Waals surface area contributed by atoms with Crippen LogP contribution in [-0.2, 0) is 15.1 Å². The highest BCUT2D eigenvalue weighted by atomic mass is 79.9. The van der Waals surface area contributed by atoms with Crippen molar-refractivity contribution in [1.29, 1.82) is 0 Å². The Labute approximate surface area is 83.5 Å². The van der Waals surface area contributed by atoms with E-state index in [4.69, 9.17) is 14.0 Å². The molecule has 5 nitrogen and oxygen atoms in total. The monoisotopic (exact) mass is 248 g/mol. The molecule has 0 spiro atoms. The summed E-state index contributed by atoms with van der Waals surface area (Å²) in [5, 5.41) is 3.65.